The van der Waals surface area contributed by atoms with Crippen molar-refractivity contribution in [1.29, 1.82) is 0 Å². The van der Waals surface area contributed by atoms with Crippen molar-refractivity contribution in [2.75, 3.05) is 13.6 Å². The molecule has 0 amide bonds. The van der Waals surface area contributed by atoms with E-state index in [-0.39, 0.29) is 12.6 Å². The highest BCUT2D eigenvalue weighted by Gasteiger charge is 2.26. The largest absolute Gasteiger partial charge is 0.457 e. The number of oxazole rings is 1. The summed E-state index contributed by atoms with van der Waals surface area (Å²) in [6, 6.07) is 13.0. The van der Waals surface area contributed by atoms with E-state index in [0.29, 0.717) is 24.2 Å². The van der Waals surface area contributed by atoms with Crippen LogP contribution in [0.15, 0.2) is 57.9 Å². The second-order valence-electron chi connectivity index (χ2n) is 8.76. The van der Waals surface area contributed by atoms with E-state index in [2.05, 4.69) is 4.98 Å². The van der Waals surface area contributed by atoms with Gasteiger partial charge in [-0.25, -0.2) is 9.59 Å². The number of rotatable bonds is 6. The Bertz CT molecular complexity index is 1450. The molecular formula is C26H25N3O5. The molecule has 1 atom stereocenters. The first-order chi connectivity index (χ1) is 16.3. The smallest absolute Gasteiger partial charge is 0.419 e. The fourth-order valence-electron chi connectivity index (χ4n) is 4.47. The van der Waals surface area contributed by atoms with E-state index in [9.17, 15) is 14.7 Å². The fourth-order valence-corrected chi connectivity index (χ4v) is 4.47. The lowest BCUT2D eigenvalue weighted by Crippen LogP contribution is -2.25. The van der Waals surface area contributed by atoms with Crippen molar-refractivity contribution >= 4 is 17.1 Å². The highest BCUT2D eigenvalue weighted by molar-refractivity contribution is 5.94. The number of fused-ring (bicyclic) bond motifs is 2. The molecule has 0 saturated heterocycles. The number of esters is 1. The summed E-state index contributed by atoms with van der Waals surface area (Å²) in [5, 5.41) is 10.8. The summed E-state index contributed by atoms with van der Waals surface area (Å²) in [6.45, 7) is 3.23. The zero-order valence-electron chi connectivity index (χ0n) is 19.2. The number of nitrogens with zero attached hydrogens (tertiary/aromatic N) is 3. The Morgan fingerprint density at radius 2 is 2.00 bits per heavy atom. The molecule has 1 aliphatic rings. The van der Waals surface area contributed by atoms with Gasteiger partial charge in [-0.15, -0.1) is 0 Å². The van der Waals surface area contributed by atoms with Gasteiger partial charge in [-0.2, -0.15) is 0 Å². The molecule has 3 heterocycles. The van der Waals surface area contributed by atoms with Crippen molar-refractivity contribution in [2.45, 2.75) is 26.2 Å². The van der Waals surface area contributed by atoms with Crippen LogP contribution in [0, 0.1) is 6.92 Å². The fraction of sp³-hybridized carbons (Fsp3) is 0.269. The van der Waals surface area contributed by atoms with E-state index in [4.69, 9.17) is 9.15 Å². The molecule has 0 saturated carbocycles. The number of hydrogen-bond donors (Lipinski definition) is 1. The van der Waals surface area contributed by atoms with E-state index in [0.717, 1.165) is 39.0 Å². The van der Waals surface area contributed by atoms with Crippen molar-refractivity contribution in [2.24, 2.45) is 7.05 Å². The van der Waals surface area contributed by atoms with Crippen LogP contribution in [0.1, 0.15) is 38.7 Å². The maximum atomic E-state index is 11.8. The Kier molecular flexibility index (Phi) is 5.55. The van der Waals surface area contributed by atoms with E-state index in [1.54, 1.807) is 19.2 Å². The first kappa shape index (κ1) is 22.1. The van der Waals surface area contributed by atoms with E-state index in [1.807, 2.05) is 55.4 Å². The molecule has 2 aromatic carbocycles. The quantitative estimate of drug-likeness (QED) is 0.442. The third-order valence-electron chi connectivity index (χ3n) is 6.42. The Hall–Kier alpha value is -3.75. The lowest BCUT2D eigenvalue weighted by atomic mass is 9.95. The van der Waals surface area contributed by atoms with Gasteiger partial charge < -0.3 is 14.3 Å². The number of benzene rings is 2. The van der Waals surface area contributed by atoms with Gasteiger partial charge in [0.25, 0.3) is 0 Å². The molecule has 0 aliphatic carbocycles. The molecule has 2 aromatic heterocycles. The van der Waals surface area contributed by atoms with Crippen LogP contribution >= 0.6 is 0 Å². The van der Waals surface area contributed by atoms with Crippen LogP contribution in [-0.4, -0.2) is 39.1 Å². The zero-order chi connectivity index (χ0) is 24.0. The molecule has 4 aromatic rings. The van der Waals surface area contributed by atoms with Gasteiger partial charge in [0.15, 0.2) is 5.58 Å². The van der Waals surface area contributed by atoms with Gasteiger partial charge in [0.1, 0.15) is 6.61 Å². The number of carbonyl (C=O) groups excluding carboxylic acids is 1. The third-order valence-corrected chi connectivity index (χ3v) is 6.42. The lowest BCUT2D eigenvalue weighted by molar-refractivity contribution is 0.0535. The second kappa shape index (κ2) is 8.55. The predicted molar refractivity (Wildman–Crippen MR) is 126 cm³/mol. The predicted octanol–water partition coefficient (Wildman–Crippen LogP) is 3.34. The first-order valence-corrected chi connectivity index (χ1v) is 11.0. The van der Waals surface area contributed by atoms with Crippen LogP contribution in [0.25, 0.3) is 22.4 Å². The van der Waals surface area contributed by atoms with Gasteiger partial charge in [-0.05, 0) is 61.0 Å². The van der Waals surface area contributed by atoms with Gasteiger partial charge in [0.05, 0.1) is 22.9 Å². The molecule has 0 fully saturated rings. The van der Waals surface area contributed by atoms with Crippen molar-refractivity contribution in [3.63, 3.8) is 0 Å². The van der Waals surface area contributed by atoms with Gasteiger partial charge in [0, 0.05) is 37.5 Å². The summed E-state index contributed by atoms with van der Waals surface area (Å²) in [4.78, 5) is 30.1. The Labute approximate surface area is 196 Å². The number of ether oxygens (including phenoxy) is 1. The number of aliphatic hydroxyl groups excluding tert-OH is 1. The molecule has 0 bridgehead atoms. The maximum Gasteiger partial charge on any atom is 0.419 e. The normalized spacial score (nSPS) is 14.0. The molecule has 1 unspecified atom stereocenters. The number of cyclic esters (lactones) is 1. The molecule has 0 radical (unpaired) electrons. The molecule has 174 valence electrons. The van der Waals surface area contributed by atoms with Crippen LogP contribution in [0.5, 0.6) is 0 Å². The Balaban J connectivity index is 1.27. The minimum absolute atomic E-state index is 0.262. The number of likely N-dealkylation sites (N-methyl/N-ethyl adjacent to an activating group) is 1. The van der Waals surface area contributed by atoms with Gasteiger partial charge in [-0.1, -0.05) is 12.1 Å². The number of pyridine rings is 1. The van der Waals surface area contributed by atoms with Crippen LogP contribution in [-0.2, 0) is 24.9 Å². The van der Waals surface area contributed by atoms with Crippen LogP contribution in [0.3, 0.4) is 0 Å². The lowest BCUT2D eigenvalue weighted by Gasteiger charge is -2.22. The average Bonchev–Trinajstić information content (AvgIpc) is 3.34. The van der Waals surface area contributed by atoms with Gasteiger partial charge in [-0.3, -0.25) is 14.5 Å². The topological polar surface area (TPSA) is 97.8 Å². The first-order valence-electron chi connectivity index (χ1n) is 11.0. The Morgan fingerprint density at radius 1 is 1.18 bits per heavy atom. The van der Waals surface area contributed by atoms with Crippen molar-refractivity contribution in [3.05, 3.63) is 87.0 Å². The molecule has 1 N–H and O–H groups in total. The number of aryl methyl sites for hydroxylation is 1. The summed E-state index contributed by atoms with van der Waals surface area (Å²) < 4.78 is 11.8. The van der Waals surface area contributed by atoms with Crippen molar-refractivity contribution in [1.82, 2.24) is 14.5 Å². The zero-order valence-corrected chi connectivity index (χ0v) is 19.2. The summed E-state index contributed by atoms with van der Waals surface area (Å²) in [6.07, 6.45) is 1.13. The number of hydrogen-bond acceptors (Lipinski definition) is 7. The summed E-state index contributed by atoms with van der Waals surface area (Å²) in [5.41, 5.74) is 7.13. The summed E-state index contributed by atoms with van der Waals surface area (Å²) in [5.74, 6) is -0.696. The van der Waals surface area contributed by atoms with Crippen LogP contribution < -0.4 is 5.76 Å². The molecule has 34 heavy (non-hydrogen) atoms. The SMILES string of the molecule is Cc1c(C(O)CN(C)Cc2ccc(-c3ccc4oc(=O)n(C)c4c3)nc2)ccc2c1COC2=O. The van der Waals surface area contributed by atoms with Gasteiger partial charge in [0.2, 0.25) is 0 Å². The number of aromatic nitrogens is 2. The highest BCUT2D eigenvalue weighted by Crippen LogP contribution is 2.29. The third kappa shape index (κ3) is 3.91. The Morgan fingerprint density at radius 3 is 2.76 bits per heavy atom. The minimum atomic E-state index is -0.688. The van der Waals surface area contributed by atoms with Crippen molar-refractivity contribution in [3.8, 4) is 11.3 Å². The van der Waals surface area contributed by atoms with E-state index in [1.165, 1.54) is 4.57 Å². The van der Waals surface area contributed by atoms with Gasteiger partial charge >= 0.3 is 11.7 Å². The van der Waals surface area contributed by atoms with Crippen LogP contribution in [0.2, 0.25) is 0 Å². The van der Waals surface area contributed by atoms with Crippen LogP contribution in [0.4, 0.5) is 0 Å². The molecular weight excluding hydrogens is 434 g/mol. The monoisotopic (exact) mass is 459 g/mol. The second-order valence-corrected chi connectivity index (χ2v) is 8.76. The molecule has 1 aliphatic heterocycles. The summed E-state index contributed by atoms with van der Waals surface area (Å²) in [7, 11) is 3.62. The minimum Gasteiger partial charge on any atom is -0.457 e. The van der Waals surface area contributed by atoms with Crippen molar-refractivity contribution < 1.29 is 19.1 Å². The van der Waals surface area contributed by atoms with E-state index >= 15 is 0 Å². The molecule has 8 heteroatoms. The average molecular weight is 460 g/mol. The highest BCUT2D eigenvalue weighted by atomic mass is 16.5. The molecule has 0 spiro atoms. The standard InChI is InChI=1S/C26H25N3O5/c1-15-18(6-7-19-20(15)14-33-25(19)31)23(30)13-28(2)12-16-4-8-21(27-11-16)17-5-9-24-22(10-17)29(3)26(32)34-24/h4-11,23,30H,12-14H2,1-3H3. The van der Waals surface area contributed by atoms with E-state index < -0.39 is 11.9 Å². The molecule has 5 rings (SSSR count). The summed E-state index contributed by atoms with van der Waals surface area (Å²) >= 11 is 0. The number of carbonyl (C=O) groups is 1. The maximum absolute atomic E-state index is 11.8. The number of aliphatic hydroxyl groups is 1. The molecule has 8 nitrogen and oxygen atoms in total.